The van der Waals surface area contributed by atoms with E-state index in [9.17, 15) is 4.79 Å². The van der Waals surface area contributed by atoms with Crippen LogP contribution in [0.15, 0.2) is 24.3 Å². The van der Waals surface area contributed by atoms with Crippen molar-refractivity contribution < 1.29 is 14.3 Å². The number of methoxy groups -OCH3 is 1. The molecule has 0 fully saturated rings. The number of carbonyl (C=O) groups is 1. The maximum atomic E-state index is 11.7. The normalized spacial score (nSPS) is 11.1. The minimum absolute atomic E-state index is 0.239. The van der Waals surface area contributed by atoms with Gasteiger partial charge in [0.25, 0.3) is 0 Å². The summed E-state index contributed by atoms with van der Waals surface area (Å²) in [6, 6.07) is 7.16. The third-order valence-corrected chi connectivity index (χ3v) is 2.23. The van der Waals surface area contributed by atoms with Crippen LogP contribution < -0.4 is 15.8 Å². The van der Waals surface area contributed by atoms with Gasteiger partial charge in [0, 0.05) is 18.9 Å². The van der Waals surface area contributed by atoms with E-state index in [0.29, 0.717) is 24.7 Å². The van der Waals surface area contributed by atoms with Gasteiger partial charge in [0.15, 0.2) is 0 Å². The summed E-state index contributed by atoms with van der Waals surface area (Å²) in [4.78, 5) is 11.7. The van der Waals surface area contributed by atoms with E-state index >= 15 is 0 Å². The first-order chi connectivity index (χ1) is 8.43. The molecule has 0 aliphatic carbocycles. The second kappa shape index (κ2) is 6.37. The predicted molar refractivity (Wildman–Crippen MR) is 70.7 cm³/mol. The molecule has 0 aliphatic rings. The standard InChI is InChI=1S/C13H20N2O3/c1-13(2,14)12(16)15-10-5-4-6-11(9-10)18-8-7-17-3/h4-6,9H,7-8,14H2,1-3H3,(H,15,16). The number of benzene rings is 1. The van der Waals surface area contributed by atoms with Gasteiger partial charge in [-0.3, -0.25) is 4.79 Å². The quantitative estimate of drug-likeness (QED) is 0.750. The van der Waals surface area contributed by atoms with Gasteiger partial charge in [0.05, 0.1) is 12.1 Å². The molecular formula is C13H20N2O3. The number of nitrogens with one attached hydrogen (secondary N) is 1. The summed E-state index contributed by atoms with van der Waals surface area (Å²) in [5.41, 5.74) is 5.45. The molecule has 0 bridgehead atoms. The van der Waals surface area contributed by atoms with Crippen LogP contribution in [0.1, 0.15) is 13.8 Å². The Morgan fingerprint density at radius 1 is 1.39 bits per heavy atom. The summed E-state index contributed by atoms with van der Waals surface area (Å²) in [5.74, 6) is 0.441. The number of amides is 1. The van der Waals surface area contributed by atoms with Crippen molar-refractivity contribution in [2.45, 2.75) is 19.4 Å². The van der Waals surface area contributed by atoms with E-state index in [1.165, 1.54) is 0 Å². The van der Waals surface area contributed by atoms with Gasteiger partial charge in [-0.05, 0) is 26.0 Å². The number of nitrogens with two attached hydrogens (primary N) is 1. The number of anilines is 1. The Kier molecular flexibility index (Phi) is 5.12. The Labute approximate surface area is 107 Å². The Hall–Kier alpha value is -1.59. The highest BCUT2D eigenvalue weighted by atomic mass is 16.5. The minimum atomic E-state index is -0.910. The van der Waals surface area contributed by atoms with Gasteiger partial charge in [-0.2, -0.15) is 0 Å². The lowest BCUT2D eigenvalue weighted by atomic mass is 10.1. The molecular weight excluding hydrogens is 232 g/mol. The van der Waals surface area contributed by atoms with E-state index in [2.05, 4.69) is 5.32 Å². The number of hydrogen-bond acceptors (Lipinski definition) is 4. The van der Waals surface area contributed by atoms with Crippen LogP contribution in [0, 0.1) is 0 Å². The van der Waals surface area contributed by atoms with Crippen molar-refractivity contribution >= 4 is 11.6 Å². The fourth-order valence-electron chi connectivity index (χ4n) is 1.20. The van der Waals surface area contributed by atoms with E-state index in [-0.39, 0.29) is 5.91 Å². The first-order valence-corrected chi connectivity index (χ1v) is 5.75. The third-order valence-electron chi connectivity index (χ3n) is 2.23. The molecule has 0 spiro atoms. The second-order valence-corrected chi connectivity index (χ2v) is 4.54. The summed E-state index contributed by atoms with van der Waals surface area (Å²) < 4.78 is 10.3. The van der Waals surface area contributed by atoms with Crippen LogP contribution in [0.3, 0.4) is 0 Å². The fraction of sp³-hybridized carbons (Fsp3) is 0.462. The Morgan fingerprint density at radius 2 is 2.11 bits per heavy atom. The van der Waals surface area contributed by atoms with Gasteiger partial charge in [-0.25, -0.2) is 0 Å². The van der Waals surface area contributed by atoms with Crippen LogP contribution >= 0.6 is 0 Å². The van der Waals surface area contributed by atoms with E-state index in [1.807, 2.05) is 6.07 Å². The molecule has 0 saturated carbocycles. The first-order valence-electron chi connectivity index (χ1n) is 5.75. The highest BCUT2D eigenvalue weighted by Crippen LogP contribution is 2.18. The van der Waals surface area contributed by atoms with Crippen LogP contribution in [-0.4, -0.2) is 31.8 Å². The zero-order valence-electron chi connectivity index (χ0n) is 11.0. The van der Waals surface area contributed by atoms with Crippen LogP contribution in [0.25, 0.3) is 0 Å². The van der Waals surface area contributed by atoms with Crippen LogP contribution in [0.2, 0.25) is 0 Å². The van der Waals surface area contributed by atoms with Gasteiger partial charge in [0.2, 0.25) is 5.91 Å². The van der Waals surface area contributed by atoms with Crippen LogP contribution in [-0.2, 0) is 9.53 Å². The zero-order chi connectivity index (χ0) is 13.6. The van der Waals surface area contributed by atoms with Crippen LogP contribution in [0.4, 0.5) is 5.69 Å². The number of carbonyl (C=O) groups excluding carboxylic acids is 1. The van der Waals surface area contributed by atoms with Crippen molar-refractivity contribution in [1.29, 1.82) is 0 Å². The molecule has 18 heavy (non-hydrogen) atoms. The third kappa shape index (κ3) is 4.73. The monoisotopic (exact) mass is 252 g/mol. The van der Waals surface area contributed by atoms with Gasteiger partial charge >= 0.3 is 0 Å². The lowest BCUT2D eigenvalue weighted by Gasteiger charge is -2.18. The Balaban J connectivity index is 2.62. The van der Waals surface area contributed by atoms with E-state index in [1.54, 1.807) is 39.2 Å². The molecule has 3 N–H and O–H groups in total. The number of ether oxygens (including phenoxy) is 2. The predicted octanol–water partition coefficient (Wildman–Crippen LogP) is 1.39. The molecule has 0 saturated heterocycles. The highest BCUT2D eigenvalue weighted by Gasteiger charge is 2.21. The van der Waals surface area contributed by atoms with Crippen LogP contribution in [0.5, 0.6) is 5.75 Å². The summed E-state index contributed by atoms with van der Waals surface area (Å²) in [7, 11) is 1.61. The maximum Gasteiger partial charge on any atom is 0.243 e. The summed E-state index contributed by atoms with van der Waals surface area (Å²) in [6.45, 7) is 4.30. The lowest BCUT2D eigenvalue weighted by molar-refractivity contribution is -0.120. The van der Waals surface area contributed by atoms with Crippen molar-refractivity contribution in [2.24, 2.45) is 5.73 Å². The summed E-state index contributed by atoms with van der Waals surface area (Å²) >= 11 is 0. The van der Waals surface area contributed by atoms with Crippen molar-refractivity contribution in [3.05, 3.63) is 24.3 Å². The average Bonchev–Trinajstić information content (AvgIpc) is 2.28. The number of hydrogen-bond donors (Lipinski definition) is 2. The molecule has 0 aromatic heterocycles. The van der Waals surface area contributed by atoms with Gasteiger partial charge in [0.1, 0.15) is 12.4 Å². The highest BCUT2D eigenvalue weighted by molar-refractivity contribution is 5.97. The van der Waals surface area contributed by atoms with Gasteiger partial charge in [-0.15, -0.1) is 0 Å². The second-order valence-electron chi connectivity index (χ2n) is 4.54. The Morgan fingerprint density at radius 3 is 2.72 bits per heavy atom. The average molecular weight is 252 g/mol. The van der Waals surface area contributed by atoms with Crippen molar-refractivity contribution in [3.8, 4) is 5.75 Å². The maximum absolute atomic E-state index is 11.7. The molecule has 0 heterocycles. The molecule has 0 unspecified atom stereocenters. The molecule has 0 radical (unpaired) electrons. The Bertz CT molecular complexity index is 399. The van der Waals surface area contributed by atoms with Crippen molar-refractivity contribution in [1.82, 2.24) is 0 Å². The number of rotatable bonds is 6. The van der Waals surface area contributed by atoms with Gasteiger partial charge in [-0.1, -0.05) is 6.07 Å². The van der Waals surface area contributed by atoms with Gasteiger partial charge < -0.3 is 20.5 Å². The molecule has 100 valence electrons. The molecule has 0 atom stereocenters. The lowest BCUT2D eigenvalue weighted by Crippen LogP contribution is -2.45. The van der Waals surface area contributed by atoms with E-state index in [0.717, 1.165) is 0 Å². The molecule has 1 amide bonds. The molecule has 1 aromatic rings. The SMILES string of the molecule is COCCOc1cccc(NC(=O)C(C)(C)N)c1. The molecule has 5 nitrogen and oxygen atoms in total. The summed E-state index contributed by atoms with van der Waals surface area (Å²) in [6.07, 6.45) is 0. The van der Waals surface area contributed by atoms with E-state index in [4.69, 9.17) is 15.2 Å². The topological polar surface area (TPSA) is 73.6 Å². The van der Waals surface area contributed by atoms with Crippen molar-refractivity contribution in [2.75, 3.05) is 25.6 Å². The largest absolute Gasteiger partial charge is 0.491 e. The zero-order valence-corrected chi connectivity index (χ0v) is 11.0. The van der Waals surface area contributed by atoms with E-state index < -0.39 is 5.54 Å². The minimum Gasteiger partial charge on any atom is -0.491 e. The smallest absolute Gasteiger partial charge is 0.243 e. The fourth-order valence-corrected chi connectivity index (χ4v) is 1.20. The summed E-state index contributed by atoms with van der Waals surface area (Å²) in [5, 5.41) is 2.74. The molecule has 0 aliphatic heterocycles. The first kappa shape index (κ1) is 14.5. The molecule has 5 heteroatoms. The molecule has 1 aromatic carbocycles. The molecule has 1 rings (SSSR count). The van der Waals surface area contributed by atoms with Crippen molar-refractivity contribution in [3.63, 3.8) is 0 Å².